The molecule has 14 heteroatoms. The van der Waals surface area contributed by atoms with Crippen LogP contribution in [0.2, 0.25) is 0 Å². The molecule has 0 bridgehead atoms. The molecule has 232 valence electrons. The van der Waals surface area contributed by atoms with Gasteiger partial charge in [0.05, 0.1) is 92.0 Å². The highest BCUT2D eigenvalue weighted by Crippen LogP contribution is 2.00. The molecule has 0 aromatic heterocycles. The minimum Gasteiger partial charge on any atom is -0.394 e. The van der Waals surface area contributed by atoms with Gasteiger partial charge >= 0.3 is 0 Å². The molecular formula is C24H52O14. The van der Waals surface area contributed by atoms with Crippen LogP contribution >= 0.6 is 0 Å². The van der Waals surface area contributed by atoms with Gasteiger partial charge in [0.2, 0.25) is 0 Å². The lowest BCUT2D eigenvalue weighted by atomic mass is 10.2. The van der Waals surface area contributed by atoms with Crippen molar-refractivity contribution >= 4 is 0 Å². The van der Waals surface area contributed by atoms with Crippen LogP contribution in [-0.2, 0) is 23.7 Å². The number of aliphatic hydroxyl groups excluding tert-OH is 9. The zero-order valence-electron chi connectivity index (χ0n) is 22.7. The molecule has 9 N–H and O–H groups in total. The third-order valence-corrected chi connectivity index (χ3v) is 4.54. The molecule has 14 nitrogen and oxygen atoms in total. The highest BCUT2D eigenvalue weighted by molar-refractivity contribution is 4.58. The van der Waals surface area contributed by atoms with Crippen LogP contribution in [0.15, 0.2) is 0 Å². The zero-order valence-corrected chi connectivity index (χ0v) is 22.7. The van der Waals surface area contributed by atoms with Gasteiger partial charge in [0.1, 0.15) is 30.5 Å². The lowest BCUT2D eigenvalue weighted by Crippen LogP contribution is -2.28. The summed E-state index contributed by atoms with van der Waals surface area (Å²) in [5, 5.41) is 81.1. The van der Waals surface area contributed by atoms with E-state index in [0.717, 1.165) is 6.42 Å². The van der Waals surface area contributed by atoms with Gasteiger partial charge in [-0.1, -0.05) is 20.3 Å². The van der Waals surface area contributed by atoms with Crippen molar-refractivity contribution in [2.24, 2.45) is 5.92 Å². The quantitative estimate of drug-likeness (QED) is 0.0527. The number of hydrogen-bond donors (Lipinski definition) is 9. The van der Waals surface area contributed by atoms with Gasteiger partial charge < -0.3 is 69.6 Å². The van der Waals surface area contributed by atoms with Crippen LogP contribution in [0.5, 0.6) is 0 Å². The summed E-state index contributed by atoms with van der Waals surface area (Å²) in [6, 6.07) is 0. The third kappa shape index (κ3) is 28.4. The monoisotopic (exact) mass is 564 g/mol. The van der Waals surface area contributed by atoms with Gasteiger partial charge in [-0.2, -0.15) is 0 Å². The second-order valence-electron chi connectivity index (χ2n) is 9.05. The Morgan fingerprint density at radius 3 is 0.974 bits per heavy atom. The number of ether oxygens (including phenoxy) is 5. The highest BCUT2D eigenvalue weighted by atomic mass is 16.5. The minimum absolute atomic E-state index is 0.000881. The highest BCUT2D eigenvalue weighted by Gasteiger charge is 2.11. The van der Waals surface area contributed by atoms with Crippen LogP contribution in [-0.4, -0.2) is 168 Å². The second kappa shape index (κ2) is 28.0. The van der Waals surface area contributed by atoms with E-state index < -0.39 is 49.8 Å². The van der Waals surface area contributed by atoms with Crippen LogP contribution in [0.3, 0.4) is 0 Å². The lowest BCUT2D eigenvalue weighted by Gasteiger charge is -2.17. The molecule has 0 rings (SSSR count). The van der Waals surface area contributed by atoms with E-state index in [9.17, 15) is 10.2 Å². The Balaban J connectivity index is 0. The Hall–Kier alpha value is -0.560. The molecule has 0 aliphatic rings. The number of rotatable bonds is 25. The fourth-order valence-electron chi connectivity index (χ4n) is 2.55. The molecule has 0 radical (unpaired) electrons. The van der Waals surface area contributed by atoms with Crippen molar-refractivity contribution in [2.75, 3.05) is 85.9 Å². The predicted molar refractivity (Wildman–Crippen MR) is 135 cm³/mol. The van der Waals surface area contributed by atoms with Crippen molar-refractivity contribution in [3.05, 3.63) is 0 Å². The van der Waals surface area contributed by atoms with Crippen LogP contribution in [0.1, 0.15) is 26.7 Å². The van der Waals surface area contributed by atoms with Crippen molar-refractivity contribution in [3.8, 4) is 0 Å². The predicted octanol–water partition coefficient (Wildman–Crippen LogP) is -3.37. The van der Waals surface area contributed by atoms with Crippen molar-refractivity contribution in [1.29, 1.82) is 0 Å². The largest absolute Gasteiger partial charge is 0.394 e. The van der Waals surface area contributed by atoms with Gasteiger partial charge in [-0.25, -0.2) is 0 Å². The first-order valence-electron chi connectivity index (χ1n) is 12.9. The first kappa shape index (κ1) is 39.6. The molecule has 38 heavy (non-hydrogen) atoms. The SMILES string of the molecule is CC(COCC(O)COCC(O)CO)COCC(O)COCC(O)CO.CCCC(O)COCC(O)CO. The maximum absolute atomic E-state index is 9.63. The summed E-state index contributed by atoms with van der Waals surface area (Å²) in [7, 11) is 0. The molecule has 0 saturated carbocycles. The maximum atomic E-state index is 9.63. The Morgan fingerprint density at radius 1 is 0.421 bits per heavy atom. The van der Waals surface area contributed by atoms with Crippen molar-refractivity contribution in [3.63, 3.8) is 0 Å². The first-order valence-corrected chi connectivity index (χ1v) is 12.9. The van der Waals surface area contributed by atoms with Crippen LogP contribution in [0.4, 0.5) is 0 Å². The molecule has 0 fully saturated rings. The summed E-state index contributed by atoms with van der Waals surface area (Å²) < 4.78 is 25.7. The van der Waals surface area contributed by atoms with E-state index >= 15 is 0 Å². The van der Waals surface area contributed by atoms with E-state index in [1.165, 1.54) is 0 Å². The Morgan fingerprint density at radius 2 is 0.684 bits per heavy atom. The maximum Gasteiger partial charge on any atom is 0.101 e. The molecule has 0 amide bonds. The van der Waals surface area contributed by atoms with Crippen LogP contribution in [0, 0.1) is 5.92 Å². The van der Waals surface area contributed by atoms with Crippen LogP contribution < -0.4 is 0 Å². The molecule has 0 aliphatic heterocycles. The zero-order chi connectivity index (χ0) is 29.2. The van der Waals surface area contributed by atoms with Gasteiger partial charge in [0.25, 0.3) is 0 Å². The van der Waals surface area contributed by atoms with E-state index in [2.05, 4.69) is 0 Å². The van der Waals surface area contributed by atoms with Gasteiger partial charge in [0, 0.05) is 5.92 Å². The Bertz CT molecular complexity index is 447. The summed E-state index contributed by atoms with van der Waals surface area (Å²) >= 11 is 0. The molecule has 6 unspecified atom stereocenters. The van der Waals surface area contributed by atoms with E-state index in [1.54, 1.807) is 0 Å². The van der Waals surface area contributed by atoms with E-state index in [4.69, 9.17) is 59.4 Å². The number of hydrogen-bond acceptors (Lipinski definition) is 14. The molecular weight excluding hydrogens is 512 g/mol. The topological polar surface area (TPSA) is 228 Å². The first-order chi connectivity index (χ1) is 18.1. The normalized spacial score (nSPS) is 17.1. The molecule has 0 spiro atoms. The average Bonchev–Trinajstić information content (AvgIpc) is 2.88. The third-order valence-electron chi connectivity index (χ3n) is 4.54. The summed E-state index contributed by atoms with van der Waals surface area (Å²) in [5.41, 5.74) is 0. The second-order valence-corrected chi connectivity index (χ2v) is 9.05. The van der Waals surface area contributed by atoms with Gasteiger partial charge in [-0.15, -0.1) is 0 Å². The Kier molecular flexibility index (Phi) is 29.2. The average molecular weight is 565 g/mol. The molecule has 0 aliphatic carbocycles. The smallest absolute Gasteiger partial charge is 0.101 e. The summed E-state index contributed by atoms with van der Waals surface area (Å²) in [5.74, 6) is 0.0451. The summed E-state index contributed by atoms with van der Waals surface area (Å²) in [6.45, 7) is 3.83. The van der Waals surface area contributed by atoms with E-state index in [-0.39, 0.29) is 65.4 Å². The van der Waals surface area contributed by atoms with Crippen molar-refractivity contribution in [2.45, 2.75) is 63.3 Å². The van der Waals surface area contributed by atoms with Crippen molar-refractivity contribution < 1.29 is 69.6 Å². The number of aliphatic hydroxyl groups is 9. The molecule has 6 atom stereocenters. The van der Waals surface area contributed by atoms with Crippen LogP contribution in [0.25, 0.3) is 0 Å². The molecule has 0 heterocycles. The minimum atomic E-state index is -0.958. The lowest BCUT2D eigenvalue weighted by molar-refractivity contribution is -0.0637. The summed E-state index contributed by atoms with van der Waals surface area (Å²) in [6.07, 6.45) is -3.26. The van der Waals surface area contributed by atoms with E-state index in [1.807, 2.05) is 13.8 Å². The molecule has 0 aromatic carbocycles. The van der Waals surface area contributed by atoms with Gasteiger partial charge in [-0.05, 0) is 6.42 Å². The van der Waals surface area contributed by atoms with Gasteiger partial charge in [-0.3, -0.25) is 0 Å². The standard InChI is InChI=1S/C16H34O10.C8H18O4/c1-12(4-23-8-15(21)10-25-6-13(19)2-17)5-24-9-16(22)11-26-7-14(20)3-18;1-2-3-7(10)5-12-6-8(11)4-9/h12-22H,2-11H2,1H3;7-11H,2-6H2,1H3. The fourth-order valence-corrected chi connectivity index (χ4v) is 2.55. The van der Waals surface area contributed by atoms with E-state index in [0.29, 0.717) is 19.6 Å². The molecule has 0 aromatic rings. The fraction of sp³-hybridized carbons (Fsp3) is 1.00. The summed E-state index contributed by atoms with van der Waals surface area (Å²) in [4.78, 5) is 0. The van der Waals surface area contributed by atoms with Crippen molar-refractivity contribution in [1.82, 2.24) is 0 Å². The Labute approximate surface area is 225 Å². The van der Waals surface area contributed by atoms with Gasteiger partial charge in [0.15, 0.2) is 0 Å². The molecule has 0 saturated heterocycles.